The Hall–Kier alpha value is -1.80. The van der Waals surface area contributed by atoms with Crippen molar-refractivity contribution in [2.45, 2.75) is 18.8 Å². The van der Waals surface area contributed by atoms with E-state index in [4.69, 9.17) is 0 Å². The van der Waals surface area contributed by atoms with Gasteiger partial charge >= 0.3 is 0 Å². The summed E-state index contributed by atoms with van der Waals surface area (Å²) in [7, 11) is 1.96. The number of anilines is 1. The van der Waals surface area contributed by atoms with E-state index >= 15 is 0 Å². The number of hydrogen-bond donors (Lipinski definition) is 2. The first-order valence-electron chi connectivity index (χ1n) is 7.46. The van der Waals surface area contributed by atoms with Crippen LogP contribution in [0.2, 0.25) is 0 Å². The van der Waals surface area contributed by atoms with Gasteiger partial charge in [-0.25, -0.2) is 0 Å². The fourth-order valence-corrected chi connectivity index (χ4v) is 2.94. The molecule has 0 radical (unpaired) electrons. The van der Waals surface area contributed by atoms with Crippen LogP contribution in [0.4, 0.5) is 5.69 Å². The van der Waals surface area contributed by atoms with Crippen molar-refractivity contribution in [3.8, 4) is 11.1 Å². The molecule has 1 heterocycles. The van der Waals surface area contributed by atoms with Crippen molar-refractivity contribution in [1.82, 2.24) is 5.32 Å². The van der Waals surface area contributed by atoms with Crippen molar-refractivity contribution >= 4 is 5.69 Å². The lowest BCUT2D eigenvalue weighted by atomic mass is 9.90. The molecular formula is C18H22N2. The number of nitrogens with one attached hydrogen (secondary N) is 2. The highest BCUT2D eigenvalue weighted by Gasteiger charge is 2.14. The molecule has 1 aliphatic rings. The molecule has 1 atom stereocenters. The molecule has 1 unspecified atom stereocenters. The predicted molar refractivity (Wildman–Crippen MR) is 86.3 cm³/mol. The van der Waals surface area contributed by atoms with Gasteiger partial charge in [-0.1, -0.05) is 36.4 Å². The van der Waals surface area contributed by atoms with Crippen LogP contribution in [0.1, 0.15) is 24.3 Å². The first kappa shape index (κ1) is 13.2. The van der Waals surface area contributed by atoms with Crippen LogP contribution in [0, 0.1) is 0 Å². The van der Waals surface area contributed by atoms with E-state index in [1.54, 1.807) is 0 Å². The van der Waals surface area contributed by atoms with Gasteiger partial charge in [0.15, 0.2) is 0 Å². The Balaban J connectivity index is 1.81. The molecule has 2 aromatic rings. The van der Waals surface area contributed by atoms with Gasteiger partial charge in [0, 0.05) is 19.3 Å². The first-order valence-corrected chi connectivity index (χ1v) is 7.46. The van der Waals surface area contributed by atoms with Crippen LogP contribution >= 0.6 is 0 Å². The highest BCUT2D eigenvalue weighted by atomic mass is 14.9. The maximum atomic E-state index is 3.49. The molecule has 104 valence electrons. The average Bonchev–Trinajstić information content (AvgIpc) is 2.56. The van der Waals surface area contributed by atoms with E-state index in [0.29, 0.717) is 5.92 Å². The molecule has 0 aliphatic carbocycles. The van der Waals surface area contributed by atoms with E-state index in [1.807, 2.05) is 7.05 Å². The van der Waals surface area contributed by atoms with Gasteiger partial charge in [-0.3, -0.25) is 0 Å². The van der Waals surface area contributed by atoms with Gasteiger partial charge in [0.05, 0.1) is 0 Å². The minimum Gasteiger partial charge on any atom is -0.388 e. The summed E-state index contributed by atoms with van der Waals surface area (Å²) in [4.78, 5) is 0. The molecular weight excluding hydrogens is 244 g/mol. The molecule has 20 heavy (non-hydrogen) atoms. The number of rotatable bonds is 3. The molecule has 0 amide bonds. The van der Waals surface area contributed by atoms with Crippen molar-refractivity contribution in [2.75, 3.05) is 25.5 Å². The molecule has 2 heteroatoms. The summed E-state index contributed by atoms with van der Waals surface area (Å²) in [5.74, 6) is 0.682. The van der Waals surface area contributed by atoms with Crippen LogP contribution < -0.4 is 10.6 Å². The van der Waals surface area contributed by atoms with Gasteiger partial charge in [0.1, 0.15) is 0 Å². The predicted octanol–water partition coefficient (Wildman–Crippen LogP) is 3.86. The third-order valence-corrected chi connectivity index (χ3v) is 4.16. The van der Waals surface area contributed by atoms with Crippen molar-refractivity contribution in [1.29, 1.82) is 0 Å². The fourth-order valence-electron chi connectivity index (χ4n) is 2.94. The standard InChI is InChI=1S/C18H22N2/c1-19-18-6-2-4-16(12-18)14-7-9-15(10-8-14)17-5-3-11-20-13-17/h2,4,6-10,12,17,19-20H,3,5,11,13H2,1H3. The van der Waals surface area contributed by atoms with Crippen molar-refractivity contribution in [3.63, 3.8) is 0 Å². The quantitative estimate of drug-likeness (QED) is 0.881. The minimum absolute atomic E-state index is 0.682. The Morgan fingerprint density at radius 3 is 2.60 bits per heavy atom. The highest BCUT2D eigenvalue weighted by molar-refractivity contribution is 5.68. The van der Waals surface area contributed by atoms with Gasteiger partial charge in [0.25, 0.3) is 0 Å². The summed E-state index contributed by atoms with van der Waals surface area (Å²) in [6, 6.07) is 17.6. The summed E-state index contributed by atoms with van der Waals surface area (Å²) >= 11 is 0. The van der Waals surface area contributed by atoms with Gasteiger partial charge in [-0.2, -0.15) is 0 Å². The summed E-state index contributed by atoms with van der Waals surface area (Å²) in [6.45, 7) is 2.29. The average molecular weight is 266 g/mol. The number of piperidine rings is 1. The lowest BCUT2D eigenvalue weighted by Crippen LogP contribution is -2.28. The van der Waals surface area contributed by atoms with Crippen LogP contribution in [0.5, 0.6) is 0 Å². The Kier molecular flexibility index (Phi) is 4.03. The van der Waals surface area contributed by atoms with Gasteiger partial charge in [-0.15, -0.1) is 0 Å². The van der Waals surface area contributed by atoms with Crippen LogP contribution in [0.3, 0.4) is 0 Å². The SMILES string of the molecule is CNc1cccc(-c2ccc(C3CCCNC3)cc2)c1. The van der Waals surface area contributed by atoms with Crippen LogP contribution in [-0.4, -0.2) is 20.1 Å². The van der Waals surface area contributed by atoms with Crippen molar-refractivity contribution in [3.05, 3.63) is 54.1 Å². The minimum atomic E-state index is 0.682. The number of hydrogen-bond acceptors (Lipinski definition) is 2. The second-order valence-electron chi connectivity index (χ2n) is 5.50. The normalized spacial score (nSPS) is 18.8. The Bertz CT molecular complexity index is 554. The molecule has 1 fully saturated rings. The highest BCUT2D eigenvalue weighted by Crippen LogP contribution is 2.27. The molecule has 0 aromatic heterocycles. The molecule has 1 saturated heterocycles. The van der Waals surface area contributed by atoms with E-state index in [9.17, 15) is 0 Å². The molecule has 2 nitrogen and oxygen atoms in total. The van der Waals surface area contributed by atoms with Crippen molar-refractivity contribution < 1.29 is 0 Å². The molecule has 0 saturated carbocycles. The maximum absolute atomic E-state index is 3.49. The van der Waals surface area contributed by atoms with Crippen LogP contribution in [0.25, 0.3) is 11.1 Å². The lowest BCUT2D eigenvalue weighted by molar-refractivity contribution is 0.461. The first-order chi connectivity index (χ1) is 9.86. The summed E-state index contributed by atoms with van der Waals surface area (Å²) < 4.78 is 0. The lowest BCUT2D eigenvalue weighted by Gasteiger charge is -2.23. The molecule has 2 N–H and O–H groups in total. The summed E-state index contributed by atoms with van der Waals surface area (Å²) in [5.41, 5.74) is 5.17. The van der Waals surface area contributed by atoms with E-state index in [2.05, 4.69) is 59.2 Å². The molecule has 1 aliphatic heterocycles. The van der Waals surface area contributed by atoms with Crippen molar-refractivity contribution in [2.24, 2.45) is 0 Å². The van der Waals surface area contributed by atoms with E-state index in [1.165, 1.54) is 36.1 Å². The summed E-state index contributed by atoms with van der Waals surface area (Å²) in [6.07, 6.45) is 2.60. The monoisotopic (exact) mass is 266 g/mol. The van der Waals surface area contributed by atoms with E-state index in [0.717, 1.165) is 12.2 Å². The van der Waals surface area contributed by atoms with Gasteiger partial charge < -0.3 is 10.6 Å². The summed E-state index contributed by atoms with van der Waals surface area (Å²) in [5, 5.41) is 6.68. The second-order valence-corrected chi connectivity index (χ2v) is 5.50. The molecule has 3 rings (SSSR count). The molecule has 0 bridgehead atoms. The number of benzene rings is 2. The van der Waals surface area contributed by atoms with Gasteiger partial charge in [-0.05, 0) is 54.1 Å². The topological polar surface area (TPSA) is 24.1 Å². The third-order valence-electron chi connectivity index (χ3n) is 4.16. The van der Waals surface area contributed by atoms with Gasteiger partial charge in [0.2, 0.25) is 0 Å². The van der Waals surface area contributed by atoms with E-state index < -0.39 is 0 Å². The largest absolute Gasteiger partial charge is 0.388 e. The smallest absolute Gasteiger partial charge is 0.0343 e. The zero-order valence-electron chi connectivity index (χ0n) is 12.0. The van der Waals surface area contributed by atoms with Crippen LogP contribution in [-0.2, 0) is 0 Å². The Morgan fingerprint density at radius 2 is 1.90 bits per heavy atom. The maximum Gasteiger partial charge on any atom is 0.0343 e. The Labute approximate surface area is 121 Å². The zero-order chi connectivity index (χ0) is 13.8. The van der Waals surface area contributed by atoms with Crippen LogP contribution in [0.15, 0.2) is 48.5 Å². The zero-order valence-corrected chi connectivity index (χ0v) is 12.0. The Morgan fingerprint density at radius 1 is 1.05 bits per heavy atom. The fraction of sp³-hybridized carbons (Fsp3) is 0.333. The van der Waals surface area contributed by atoms with E-state index in [-0.39, 0.29) is 0 Å². The third kappa shape index (κ3) is 2.86. The molecule has 2 aromatic carbocycles. The second kappa shape index (κ2) is 6.10. The molecule has 0 spiro atoms.